The van der Waals surface area contributed by atoms with Crippen LogP contribution in [0.25, 0.3) is 0 Å². The minimum atomic E-state index is -3.35. The Labute approximate surface area is 188 Å². The summed E-state index contributed by atoms with van der Waals surface area (Å²) >= 11 is 1.53. The maximum absolute atomic E-state index is 12.3. The van der Waals surface area contributed by atoms with E-state index in [0.717, 1.165) is 39.4 Å². The number of phenols is 1. The topological polar surface area (TPSA) is 66.4 Å². The van der Waals surface area contributed by atoms with Crippen molar-refractivity contribution in [1.29, 1.82) is 0 Å². The first-order chi connectivity index (χ1) is 13.9. The lowest BCUT2D eigenvalue weighted by molar-refractivity contribution is 0.461. The predicted octanol–water partition coefficient (Wildman–Crippen LogP) is 4.65. The van der Waals surface area contributed by atoms with E-state index in [0.29, 0.717) is 11.4 Å². The molecule has 1 aliphatic heterocycles. The molecule has 3 aromatic rings. The first-order valence-corrected chi connectivity index (χ1v) is 12.2. The summed E-state index contributed by atoms with van der Waals surface area (Å²) in [5, 5.41) is 14.2. The van der Waals surface area contributed by atoms with Crippen LogP contribution in [0.4, 0.5) is 0 Å². The van der Waals surface area contributed by atoms with Crippen molar-refractivity contribution in [2.45, 2.75) is 27.0 Å². The van der Waals surface area contributed by atoms with Crippen LogP contribution in [0.1, 0.15) is 22.6 Å². The summed E-state index contributed by atoms with van der Waals surface area (Å²) in [6, 6.07) is 21.0. The van der Waals surface area contributed by atoms with Crippen molar-refractivity contribution in [3.8, 4) is 5.75 Å². The first-order valence-electron chi connectivity index (χ1n) is 9.52. The van der Waals surface area contributed by atoms with Crippen LogP contribution in [0, 0.1) is 0 Å². The van der Waals surface area contributed by atoms with Gasteiger partial charge in [0.15, 0.2) is 9.84 Å². The number of phenolic OH excluding ortho intramolecular Hbond substituents is 1. The summed E-state index contributed by atoms with van der Waals surface area (Å²) in [4.78, 5) is 2.22. The number of aromatic hydroxyl groups is 1. The molecule has 0 amide bonds. The van der Waals surface area contributed by atoms with Gasteiger partial charge in [0.1, 0.15) is 5.75 Å². The molecule has 0 radical (unpaired) electrons. The normalized spacial score (nSPS) is 16.2. The Bertz CT molecular complexity index is 1130. The van der Waals surface area contributed by atoms with Gasteiger partial charge in [-0.3, -0.25) is 0 Å². The summed E-state index contributed by atoms with van der Waals surface area (Å²) in [5.41, 5.74) is 2.90. The average molecular weight is 462 g/mol. The highest BCUT2D eigenvalue weighted by Gasteiger charge is 2.26. The number of nitrogens with one attached hydrogen (secondary N) is 1. The Morgan fingerprint density at radius 2 is 1.70 bits per heavy atom. The van der Waals surface area contributed by atoms with Gasteiger partial charge in [0.25, 0.3) is 0 Å². The van der Waals surface area contributed by atoms with Crippen molar-refractivity contribution in [1.82, 2.24) is 5.32 Å². The Hall–Kier alpha value is -1.99. The van der Waals surface area contributed by atoms with Gasteiger partial charge < -0.3 is 10.4 Å². The maximum atomic E-state index is 12.3. The molecule has 0 saturated carbocycles. The Morgan fingerprint density at radius 3 is 2.43 bits per heavy atom. The zero-order valence-corrected chi connectivity index (χ0v) is 19.0. The molecule has 0 bridgehead atoms. The summed E-state index contributed by atoms with van der Waals surface area (Å²) in [6.45, 7) is 1.44. The molecule has 1 aliphatic rings. The van der Waals surface area contributed by atoms with Crippen molar-refractivity contribution < 1.29 is 13.5 Å². The van der Waals surface area contributed by atoms with E-state index >= 15 is 0 Å². The van der Waals surface area contributed by atoms with E-state index in [4.69, 9.17) is 0 Å². The Balaban J connectivity index is 0.00000256. The lowest BCUT2D eigenvalue weighted by atomic mass is 9.88. The summed E-state index contributed by atoms with van der Waals surface area (Å²) in [6.07, 6.45) is 2.07. The molecule has 0 saturated heterocycles. The van der Waals surface area contributed by atoms with E-state index in [1.807, 2.05) is 54.6 Å². The molecular weight excluding hydrogens is 438 g/mol. The Morgan fingerprint density at radius 1 is 1.00 bits per heavy atom. The second-order valence-electron chi connectivity index (χ2n) is 7.25. The number of hydrogen-bond acceptors (Lipinski definition) is 5. The van der Waals surface area contributed by atoms with Crippen LogP contribution in [-0.2, 0) is 16.3 Å². The van der Waals surface area contributed by atoms with Crippen molar-refractivity contribution in [3.05, 3.63) is 83.4 Å². The summed E-state index contributed by atoms with van der Waals surface area (Å²) < 4.78 is 24.7. The molecular formula is C23H24ClNO3S2. The quantitative estimate of drug-likeness (QED) is 0.592. The molecule has 0 fully saturated rings. The van der Waals surface area contributed by atoms with Gasteiger partial charge in [0.05, 0.1) is 9.79 Å². The minimum absolute atomic E-state index is 0. The van der Waals surface area contributed by atoms with Crippen LogP contribution < -0.4 is 5.32 Å². The predicted molar refractivity (Wildman–Crippen MR) is 124 cm³/mol. The van der Waals surface area contributed by atoms with Gasteiger partial charge in [-0.15, -0.1) is 12.4 Å². The lowest BCUT2D eigenvalue weighted by Gasteiger charge is -2.22. The number of halogens is 1. The Kier molecular flexibility index (Phi) is 7.14. The second kappa shape index (κ2) is 9.43. The molecule has 7 heteroatoms. The van der Waals surface area contributed by atoms with Gasteiger partial charge in [-0.05, 0) is 60.0 Å². The van der Waals surface area contributed by atoms with Crippen molar-refractivity contribution in [2.24, 2.45) is 0 Å². The molecule has 1 unspecified atom stereocenters. The third kappa shape index (κ3) is 4.83. The van der Waals surface area contributed by atoms with E-state index in [1.165, 1.54) is 18.0 Å². The minimum Gasteiger partial charge on any atom is -0.507 e. The van der Waals surface area contributed by atoms with Crippen molar-refractivity contribution >= 4 is 34.0 Å². The van der Waals surface area contributed by atoms with Gasteiger partial charge >= 0.3 is 0 Å². The third-order valence-corrected chi connectivity index (χ3v) is 7.41. The molecule has 0 aliphatic carbocycles. The van der Waals surface area contributed by atoms with E-state index in [1.54, 1.807) is 12.1 Å². The molecule has 30 heavy (non-hydrogen) atoms. The zero-order valence-electron chi connectivity index (χ0n) is 16.5. The fourth-order valence-electron chi connectivity index (χ4n) is 3.83. The number of fused-ring (bicyclic) bond motifs is 1. The second-order valence-corrected chi connectivity index (χ2v) is 10.4. The highest BCUT2D eigenvalue weighted by Crippen LogP contribution is 2.41. The van der Waals surface area contributed by atoms with Crippen LogP contribution in [0.2, 0.25) is 0 Å². The van der Waals surface area contributed by atoms with Gasteiger partial charge in [-0.25, -0.2) is 8.42 Å². The van der Waals surface area contributed by atoms with E-state index in [2.05, 4.69) is 5.32 Å². The lowest BCUT2D eigenvalue weighted by Crippen LogP contribution is -2.22. The van der Waals surface area contributed by atoms with Crippen LogP contribution in [0.5, 0.6) is 5.75 Å². The maximum Gasteiger partial charge on any atom is 0.175 e. The molecule has 3 aromatic carbocycles. The van der Waals surface area contributed by atoms with Crippen LogP contribution in [-0.4, -0.2) is 32.9 Å². The summed E-state index contributed by atoms with van der Waals surface area (Å²) in [7, 11) is -3.35. The monoisotopic (exact) mass is 461 g/mol. The molecule has 4 rings (SSSR count). The molecule has 1 heterocycles. The first kappa shape index (κ1) is 22.7. The van der Waals surface area contributed by atoms with E-state index in [-0.39, 0.29) is 24.1 Å². The fourth-order valence-corrected chi connectivity index (χ4v) is 5.70. The van der Waals surface area contributed by atoms with Crippen molar-refractivity contribution in [2.75, 3.05) is 19.3 Å². The van der Waals surface area contributed by atoms with E-state index < -0.39 is 9.84 Å². The van der Waals surface area contributed by atoms with Crippen LogP contribution in [0.3, 0.4) is 0 Å². The fraction of sp³-hybridized carbons (Fsp3) is 0.217. The molecule has 158 valence electrons. The van der Waals surface area contributed by atoms with Gasteiger partial charge in [0.2, 0.25) is 0 Å². The van der Waals surface area contributed by atoms with Gasteiger partial charge in [-0.2, -0.15) is 0 Å². The number of sulfone groups is 1. The SMILES string of the molecule is CS(=O)(=O)c1ccccc1C1CNCCc2cc(Sc3ccccc3)c(O)cc21.Cl. The van der Waals surface area contributed by atoms with Gasteiger partial charge in [-0.1, -0.05) is 48.2 Å². The number of benzene rings is 3. The average Bonchev–Trinajstić information content (AvgIpc) is 2.90. The van der Waals surface area contributed by atoms with Crippen LogP contribution >= 0.6 is 24.2 Å². The summed E-state index contributed by atoms with van der Waals surface area (Å²) in [5.74, 6) is 0.0847. The number of rotatable bonds is 4. The number of hydrogen-bond donors (Lipinski definition) is 2. The van der Waals surface area contributed by atoms with E-state index in [9.17, 15) is 13.5 Å². The van der Waals surface area contributed by atoms with Crippen LogP contribution in [0.15, 0.2) is 81.4 Å². The van der Waals surface area contributed by atoms with Gasteiger partial charge in [0, 0.05) is 23.6 Å². The highest BCUT2D eigenvalue weighted by atomic mass is 35.5. The molecule has 0 aromatic heterocycles. The molecule has 2 N–H and O–H groups in total. The third-order valence-electron chi connectivity index (χ3n) is 5.18. The zero-order chi connectivity index (χ0) is 20.4. The van der Waals surface area contributed by atoms with Crippen molar-refractivity contribution in [3.63, 3.8) is 0 Å². The highest BCUT2D eigenvalue weighted by molar-refractivity contribution is 7.99. The molecule has 0 spiro atoms. The molecule has 4 nitrogen and oxygen atoms in total. The molecule has 1 atom stereocenters. The smallest absolute Gasteiger partial charge is 0.175 e. The largest absolute Gasteiger partial charge is 0.507 e. The standard InChI is InChI=1S/C23H23NO3S2.ClH/c1-29(26,27)23-10-6-5-9-18(23)20-15-24-12-11-16-13-22(21(25)14-19(16)20)28-17-7-3-2-4-8-17;/h2-10,13-14,20,24-25H,11-12,15H2,1H3;1H.